The molecule has 0 unspecified atom stereocenters. The lowest BCUT2D eigenvalue weighted by molar-refractivity contribution is -0.385. The maximum atomic E-state index is 12.9. The molecule has 3 aromatic rings. The van der Waals surface area contributed by atoms with Crippen LogP contribution in [0, 0.1) is 24.0 Å². The summed E-state index contributed by atoms with van der Waals surface area (Å²) in [7, 11) is 0. The number of rotatable bonds is 8. The van der Waals surface area contributed by atoms with Crippen molar-refractivity contribution in [2.45, 2.75) is 20.4 Å². The third-order valence-electron chi connectivity index (χ3n) is 5.46. The van der Waals surface area contributed by atoms with Gasteiger partial charge in [0.25, 0.3) is 16.8 Å². The Morgan fingerprint density at radius 1 is 1.09 bits per heavy atom. The van der Waals surface area contributed by atoms with E-state index in [1.54, 1.807) is 47.2 Å². The molecule has 0 spiro atoms. The molecule has 0 atom stereocenters. The average molecular weight is 478 g/mol. The number of hydrogen-bond donors (Lipinski definition) is 0. The molecule has 2 aromatic carbocycles. The van der Waals surface area contributed by atoms with Gasteiger partial charge in [0, 0.05) is 23.5 Å². The molecule has 1 aliphatic heterocycles. The minimum atomic E-state index is -0.413. The highest BCUT2D eigenvalue weighted by atomic mass is 32.2. The molecule has 1 saturated heterocycles. The number of carbonyl (C=O) groups excluding carboxylic acids is 2. The molecule has 1 aliphatic rings. The summed E-state index contributed by atoms with van der Waals surface area (Å²) in [5.74, 6) is 0.355. The number of para-hydroxylation sites is 1. The zero-order valence-electron chi connectivity index (χ0n) is 18.8. The molecule has 8 nitrogen and oxygen atoms in total. The van der Waals surface area contributed by atoms with Gasteiger partial charge in [-0.05, 0) is 61.0 Å². The highest BCUT2D eigenvalue weighted by molar-refractivity contribution is 8.18. The lowest BCUT2D eigenvalue weighted by Crippen LogP contribution is -2.32. The Bertz CT molecular complexity index is 1300. The van der Waals surface area contributed by atoms with Crippen molar-refractivity contribution in [1.29, 1.82) is 0 Å². The molecule has 1 aromatic heterocycles. The number of nitro benzene ring substituents is 1. The summed E-state index contributed by atoms with van der Waals surface area (Å²) in [5, 5.41) is 11.0. The molecule has 0 saturated carbocycles. The van der Waals surface area contributed by atoms with Gasteiger partial charge in [-0.3, -0.25) is 24.6 Å². The lowest BCUT2D eigenvalue weighted by atomic mass is 10.1. The Labute approximate surface area is 201 Å². The van der Waals surface area contributed by atoms with Gasteiger partial charge in [-0.1, -0.05) is 30.3 Å². The predicted octanol–water partition coefficient (Wildman–Crippen LogP) is 5.18. The Kier molecular flexibility index (Phi) is 6.83. The van der Waals surface area contributed by atoms with E-state index in [-0.39, 0.29) is 36.5 Å². The van der Waals surface area contributed by atoms with E-state index in [1.165, 1.54) is 11.0 Å². The van der Waals surface area contributed by atoms with E-state index in [0.29, 0.717) is 16.2 Å². The summed E-state index contributed by atoms with van der Waals surface area (Å²) < 4.78 is 7.60. The molecule has 4 rings (SSSR count). The van der Waals surface area contributed by atoms with Crippen molar-refractivity contribution < 1.29 is 19.2 Å². The van der Waals surface area contributed by atoms with Crippen molar-refractivity contribution in [1.82, 2.24) is 9.47 Å². The van der Waals surface area contributed by atoms with Crippen molar-refractivity contribution >= 4 is 34.7 Å². The quantitative estimate of drug-likeness (QED) is 0.252. The SMILES string of the molecule is Cc1ccc(C)c(OCCN2C(=O)S/C(=C\c3cccn3Cc3ccccc3[N+](=O)[O-])C2=O)c1. The molecule has 1 fully saturated rings. The summed E-state index contributed by atoms with van der Waals surface area (Å²) in [6, 6.07) is 16.0. The molecule has 34 heavy (non-hydrogen) atoms. The van der Waals surface area contributed by atoms with E-state index in [1.807, 2.05) is 32.0 Å². The van der Waals surface area contributed by atoms with Gasteiger partial charge in [0.2, 0.25) is 0 Å². The van der Waals surface area contributed by atoms with Gasteiger partial charge >= 0.3 is 0 Å². The molecule has 2 heterocycles. The van der Waals surface area contributed by atoms with Crippen LogP contribution in [-0.2, 0) is 11.3 Å². The molecule has 174 valence electrons. The Morgan fingerprint density at radius 3 is 2.68 bits per heavy atom. The molecule has 0 N–H and O–H groups in total. The number of thioether (sulfide) groups is 1. The number of amides is 2. The van der Waals surface area contributed by atoms with Crippen LogP contribution in [-0.4, -0.2) is 38.7 Å². The standard InChI is InChI=1S/C25H23N3O5S/c1-17-9-10-18(2)22(14-17)33-13-12-27-24(29)23(34-25(27)30)15-20-7-5-11-26(20)16-19-6-3-4-8-21(19)28(31)32/h3-11,14-15H,12-13,16H2,1-2H3/b23-15-. The van der Waals surface area contributed by atoms with E-state index >= 15 is 0 Å². The number of ether oxygens (including phenoxy) is 1. The number of nitro groups is 1. The molecule has 0 bridgehead atoms. The van der Waals surface area contributed by atoms with Crippen molar-refractivity contribution in [2.24, 2.45) is 0 Å². The van der Waals surface area contributed by atoms with Crippen LogP contribution in [0.4, 0.5) is 10.5 Å². The summed E-state index contributed by atoms with van der Waals surface area (Å²) in [6.45, 7) is 4.52. The third kappa shape index (κ3) is 5.04. The Balaban J connectivity index is 1.45. The van der Waals surface area contributed by atoms with Gasteiger partial charge in [0.1, 0.15) is 12.4 Å². The molecule has 0 aliphatic carbocycles. The number of carbonyl (C=O) groups is 2. The molecule has 2 amide bonds. The monoisotopic (exact) mass is 477 g/mol. The maximum absolute atomic E-state index is 12.9. The van der Waals surface area contributed by atoms with E-state index in [9.17, 15) is 19.7 Å². The zero-order chi connectivity index (χ0) is 24.2. The van der Waals surface area contributed by atoms with Gasteiger partial charge in [-0.2, -0.15) is 0 Å². The lowest BCUT2D eigenvalue weighted by Gasteiger charge is -2.14. The maximum Gasteiger partial charge on any atom is 0.293 e. The first-order chi connectivity index (χ1) is 16.3. The fourth-order valence-corrected chi connectivity index (χ4v) is 4.49. The van der Waals surface area contributed by atoms with Crippen molar-refractivity contribution in [3.63, 3.8) is 0 Å². The first-order valence-corrected chi connectivity index (χ1v) is 11.5. The van der Waals surface area contributed by atoms with Crippen LogP contribution in [0.3, 0.4) is 0 Å². The second-order valence-corrected chi connectivity index (χ2v) is 8.89. The van der Waals surface area contributed by atoms with Gasteiger partial charge in [0.05, 0.1) is 22.9 Å². The number of aromatic nitrogens is 1. The average Bonchev–Trinajstić information content (AvgIpc) is 3.35. The van der Waals surface area contributed by atoms with Crippen LogP contribution < -0.4 is 4.74 Å². The van der Waals surface area contributed by atoms with Gasteiger partial charge in [-0.25, -0.2) is 0 Å². The summed E-state index contributed by atoms with van der Waals surface area (Å²) >= 11 is 0.876. The summed E-state index contributed by atoms with van der Waals surface area (Å²) in [4.78, 5) is 37.7. The minimum Gasteiger partial charge on any atom is -0.491 e. The second kappa shape index (κ2) is 9.96. The van der Waals surface area contributed by atoms with E-state index < -0.39 is 4.92 Å². The van der Waals surface area contributed by atoms with Crippen LogP contribution in [0.1, 0.15) is 22.4 Å². The highest BCUT2D eigenvalue weighted by Crippen LogP contribution is 2.32. The third-order valence-corrected chi connectivity index (χ3v) is 6.37. The number of benzene rings is 2. The zero-order valence-corrected chi connectivity index (χ0v) is 19.6. The van der Waals surface area contributed by atoms with Gasteiger partial charge in [0.15, 0.2) is 0 Å². The van der Waals surface area contributed by atoms with Crippen molar-refractivity contribution in [2.75, 3.05) is 13.2 Å². The van der Waals surface area contributed by atoms with Crippen molar-refractivity contribution in [3.8, 4) is 5.75 Å². The summed E-state index contributed by atoms with van der Waals surface area (Å²) in [6.07, 6.45) is 3.43. The molecular formula is C25H23N3O5S. The number of nitrogens with zero attached hydrogens (tertiary/aromatic N) is 3. The number of hydrogen-bond acceptors (Lipinski definition) is 6. The smallest absolute Gasteiger partial charge is 0.293 e. The van der Waals surface area contributed by atoms with E-state index in [4.69, 9.17) is 4.74 Å². The second-order valence-electron chi connectivity index (χ2n) is 7.90. The molecular weight excluding hydrogens is 454 g/mol. The van der Waals surface area contributed by atoms with E-state index in [0.717, 1.165) is 28.6 Å². The largest absolute Gasteiger partial charge is 0.491 e. The van der Waals surface area contributed by atoms with Crippen LogP contribution in [0.25, 0.3) is 6.08 Å². The van der Waals surface area contributed by atoms with Crippen LogP contribution in [0.2, 0.25) is 0 Å². The number of aryl methyl sites for hydroxylation is 2. The van der Waals surface area contributed by atoms with Gasteiger partial charge in [-0.15, -0.1) is 0 Å². The molecule has 9 heteroatoms. The van der Waals surface area contributed by atoms with Crippen LogP contribution >= 0.6 is 11.8 Å². The highest BCUT2D eigenvalue weighted by Gasteiger charge is 2.35. The topological polar surface area (TPSA) is 94.7 Å². The predicted molar refractivity (Wildman–Crippen MR) is 131 cm³/mol. The van der Waals surface area contributed by atoms with Crippen molar-refractivity contribution in [3.05, 3.63) is 98.2 Å². The van der Waals surface area contributed by atoms with Crippen LogP contribution in [0.5, 0.6) is 5.75 Å². The van der Waals surface area contributed by atoms with Crippen LogP contribution in [0.15, 0.2) is 65.7 Å². The summed E-state index contributed by atoms with van der Waals surface area (Å²) in [5.41, 5.74) is 3.31. The Morgan fingerprint density at radius 2 is 1.88 bits per heavy atom. The van der Waals surface area contributed by atoms with E-state index in [2.05, 4.69) is 0 Å². The number of imide groups is 1. The minimum absolute atomic E-state index is 0.0336. The first kappa shape index (κ1) is 23.3. The fraction of sp³-hybridized carbons (Fsp3) is 0.200. The molecule has 0 radical (unpaired) electrons. The fourth-order valence-electron chi connectivity index (χ4n) is 3.65. The first-order valence-electron chi connectivity index (χ1n) is 10.7. The Hall–Kier alpha value is -3.85. The van der Waals surface area contributed by atoms with Gasteiger partial charge < -0.3 is 9.30 Å². The normalized spacial score (nSPS) is 14.8.